The summed E-state index contributed by atoms with van der Waals surface area (Å²) in [6.45, 7) is 2.23. The SMILES string of the molecule is CCOC(=O)C1(c2ccc(-c3ccc4ccccc4c3)nc2OC)CCCC1. The zero-order valence-corrected chi connectivity index (χ0v) is 16.4. The topological polar surface area (TPSA) is 48.4 Å². The number of nitrogens with zero attached hydrogens (tertiary/aromatic N) is 1. The Bertz CT molecular complexity index is 1010. The smallest absolute Gasteiger partial charge is 0.316 e. The zero-order chi connectivity index (χ0) is 19.6. The number of carbonyl (C=O) groups is 1. The molecule has 0 atom stereocenters. The lowest BCUT2D eigenvalue weighted by atomic mass is 9.79. The Kier molecular flexibility index (Phi) is 5.03. The lowest BCUT2D eigenvalue weighted by molar-refractivity contribution is -0.150. The van der Waals surface area contributed by atoms with Crippen LogP contribution in [-0.2, 0) is 14.9 Å². The van der Waals surface area contributed by atoms with E-state index in [1.165, 1.54) is 10.8 Å². The first-order chi connectivity index (χ1) is 13.7. The van der Waals surface area contributed by atoms with E-state index < -0.39 is 5.41 Å². The van der Waals surface area contributed by atoms with Crippen molar-refractivity contribution in [3.63, 3.8) is 0 Å². The molecule has 1 fully saturated rings. The Hall–Kier alpha value is -2.88. The fourth-order valence-electron chi connectivity index (χ4n) is 4.30. The number of fused-ring (bicyclic) bond motifs is 1. The minimum atomic E-state index is -0.643. The molecule has 4 heteroatoms. The Labute approximate surface area is 165 Å². The molecule has 1 aliphatic rings. The number of pyridine rings is 1. The maximum atomic E-state index is 12.8. The Morgan fingerprint density at radius 3 is 2.50 bits per heavy atom. The molecule has 0 spiro atoms. The Morgan fingerprint density at radius 1 is 1.04 bits per heavy atom. The lowest BCUT2D eigenvalue weighted by Crippen LogP contribution is -2.35. The second-order valence-electron chi connectivity index (χ2n) is 7.32. The molecule has 1 aliphatic carbocycles. The number of aromatic nitrogens is 1. The van der Waals surface area contributed by atoms with Gasteiger partial charge < -0.3 is 9.47 Å². The van der Waals surface area contributed by atoms with Crippen LogP contribution in [0.15, 0.2) is 54.6 Å². The van der Waals surface area contributed by atoms with E-state index in [0.29, 0.717) is 12.5 Å². The van der Waals surface area contributed by atoms with Gasteiger partial charge in [-0.05, 0) is 42.7 Å². The Morgan fingerprint density at radius 2 is 1.79 bits per heavy atom. The second kappa shape index (κ2) is 7.63. The molecule has 1 heterocycles. The van der Waals surface area contributed by atoms with Crippen LogP contribution in [-0.4, -0.2) is 24.7 Å². The highest BCUT2D eigenvalue weighted by Gasteiger charge is 2.46. The highest BCUT2D eigenvalue weighted by molar-refractivity contribution is 5.87. The van der Waals surface area contributed by atoms with Crippen molar-refractivity contribution in [3.8, 4) is 17.1 Å². The number of benzene rings is 2. The molecule has 1 aromatic heterocycles. The Balaban J connectivity index is 1.77. The van der Waals surface area contributed by atoms with Gasteiger partial charge in [0, 0.05) is 11.1 Å². The second-order valence-corrected chi connectivity index (χ2v) is 7.32. The summed E-state index contributed by atoms with van der Waals surface area (Å²) >= 11 is 0. The molecular formula is C24H25NO3. The first kappa shape index (κ1) is 18.5. The molecule has 1 saturated carbocycles. The van der Waals surface area contributed by atoms with Gasteiger partial charge in [0.25, 0.3) is 0 Å². The van der Waals surface area contributed by atoms with E-state index in [2.05, 4.69) is 30.3 Å². The van der Waals surface area contributed by atoms with Crippen molar-refractivity contribution in [1.29, 1.82) is 0 Å². The number of methoxy groups -OCH3 is 1. The minimum absolute atomic E-state index is 0.161. The van der Waals surface area contributed by atoms with E-state index in [0.717, 1.165) is 42.5 Å². The quantitative estimate of drug-likeness (QED) is 0.569. The van der Waals surface area contributed by atoms with Crippen molar-refractivity contribution in [3.05, 3.63) is 60.2 Å². The molecule has 3 aromatic rings. The van der Waals surface area contributed by atoms with Crippen molar-refractivity contribution in [2.45, 2.75) is 38.0 Å². The fourth-order valence-corrected chi connectivity index (χ4v) is 4.30. The third-order valence-corrected chi connectivity index (χ3v) is 5.74. The normalized spacial score (nSPS) is 15.5. The van der Waals surface area contributed by atoms with Crippen LogP contribution in [0.25, 0.3) is 22.0 Å². The van der Waals surface area contributed by atoms with Gasteiger partial charge in [0.1, 0.15) is 0 Å². The summed E-state index contributed by atoms with van der Waals surface area (Å²) in [6.07, 6.45) is 3.57. The van der Waals surface area contributed by atoms with E-state index in [1.54, 1.807) is 7.11 Å². The molecule has 0 aliphatic heterocycles. The van der Waals surface area contributed by atoms with Gasteiger partial charge in [-0.1, -0.05) is 55.3 Å². The van der Waals surface area contributed by atoms with Crippen molar-refractivity contribution in [2.75, 3.05) is 13.7 Å². The summed E-state index contributed by atoms with van der Waals surface area (Å²) in [5.74, 6) is 0.353. The van der Waals surface area contributed by atoms with Crippen LogP contribution in [0.4, 0.5) is 0 Å². The highest BCUT2D eigenvalue weighted by Crippen LogP contribution is 2.45. The molecule has 144 valence electrons. The molecule has 28 heavy (non-hydrogen) atoms. The molecule has 0 unspecified atom stereocenters. The fraction of sp³-hybridized carbons (Fsp3) is 0.333. The molecule has 0 N–H and O–H groups in total. The summed E-state index contributed by atoms with van der Waals surface area (Å²) in [5, 5.41) is 2.37. The van der Waals surface area contributed by atoms with Crippen molar-refractivity contribution in [2.24, 2.45) is 0 Å². The van der Waals surface area contributed by atoms with Crippen LogP contribution in [0.1, 0.15) is 38.2 Å². The van der Waals surface area contributed by atoms with Gasteiger partial charge in [0.2, 0.25) is 5.88 Å². The maximum Gasteiger partial charge on any atom is 0.316 e. The highest BCUT2D eigenvalue weighted by atomic mass is 16.5. The predicted molar refractivity (Wildman–Crippen MR) is 111 cm³/mol. The average molecular weight is 375 g/mol. The monoisotopic (exact) mass is 375 g/mol. The summed E-state index contributed by atoms with van der Waals surface area (Å²) in [6, 6.07) is 18.6. The van der Waals surface area contributed by atoms with Crippen LogP contribution in [0.2, 0.25) is 0 Å². The van der Waals surface area contributed by atoms with E-state index >= 15 is 0 Å². The van der Waals surface area contributed by atoms with E-state index in [9.17, 15) is 4.79 Å². The molecule has 4 rings (SSSR count). The molecular weight excluding hydrogens is 350 g/mol. The van der Waals surface area contributed by atoms with Crippen LogP contribution in [0.5, 0.6) is 5.88 Å². The van der Waals surface area contributed by atoms with Crippen molar-refractivity contribution in [1.82, 2.24) is 4.98 Å². The van der Waals surface area contributed by atoms with Crippen LogP contribution < -0.4 is 4.74 Å². The number of hydrogen-bond acceptors (Lipinski definition) is 4. The standard InChI is InChI=1S/C24H25NO3/c1-3-28-23(26)24(14-6-7-15-24)20-12-13-21(25-22(20)27-2)19-11-10-17-8-4-5-9-18(17)16-19/h4-5,8-13,16H,3,6-7,14-15H2,1-2H3. The summed E-state index contributed by atoms with van der Waals surface area (Å²) < 4.78 is 11.1. The maximum absolute atomic E-state index is 12.8. The predicted octanol–water partition coefficient (Wildman–Crippen LogP) is 5.29. The molecule has 0 saturated heterocycles. The van der Waals surface area contributed by atoms with Crippen LogP contribution >= 0.6 is 0 Å². The van der Waals surface area contributed by atoms with E-state index in [-0.39, 0.29) is 5.97 Å². The lowest BCUT2D eigenvalue weighted by Gasteiger charge is -2.28. The van der Waals surface area contributed by atoms with Crippen molar-refractivity contribution < 1.29 is 14.3 Å². The van der Waals surface area contributed by atoms with Gasteiger partial charge in [-0.3, -0.25) is 4.79 Å². The summed E-state index contributed by atoms with van der Waals surface area (Å²) in [4.78, 5) is 17.6. The molecule has 0 bridgehead atoms. The third-order valence-electron chi connectivity index (χ3n) is 5.74. The van der Waals surface area contributed by atoms with Gasteiger partial charge in [-0.25, -0.2) is 4.98 Å². The number of esters is 1. The third kappa shape index (κ3) is 3.13. The number of ether oxygens (including phenoxy) is 2. The van der Waals surface area contributed by atoms with Gasteiger partial charge in [0.05, 0.1) is 24.8 Å². The van der Waals surface area contributed by atoms with Crippen LogP contribution in [0.3, 0.4) is 0 Å². The summed E-state index contributed by atoms with van der Waals surface area (Å²) in [7, 11) is 1.61. The van der Waals surface area contributed by atoms with Crippen LogP contribution in [0, 0.1) is 0 Å². The minimum Gasteiger partial charge on any atom is -0.481 e. The first-order valence-corrected chi connectivity index (χ1v) is 9.90. The number of hydrogen-bond donors (Lipinski definition) is 0. The van der Waals surface area contributed by atoms with Gasteiger partial charge in [-0.15, -0.1) is 0 Å². The van der Waals surface area contributed by atoms with Gasteiger partial charge in [-0.2, -0.15) is 0 Å². The van der Waals surface area contributed by atoms with Gasteiger partial charge >= 0.3 is 5.97 Å². The molecule has 4 nitrogen and oxygen atoms in total. The van der Waals surface area contributed by atoms with Gasteiger partial charge in [0.15, 0.2) is 0 Å². The van der Waals surface area contributed by atoms with Crippen molar-refractivity contribution >= 4 is 16.7 Å². The zero-order valence-electron chi connectivity index (χ0n) is 16.4. The number of rotatable bonds is 5. The summed E-state index contributed by atoms with van der Waals surface area (Å²) in [5.41, 5.74) is 2.06. The average Bonchev–Trinajstić information content (AvgIpc) is 3.24. The van der Waals surface area contributed by atoms with E-state index in [4.69, 9.17) is 14.5 Å². The number of carbonyl (C=O) groups excluding carboxylic acids is 1. The molecule has 2 aromatic carbocycles. The van der Waals surface area contributed by atoms with E-state index in [1.807, 2.05) is 31.2 Å². The molecule has 0 amide bonds. The first-order valence-electron chi connectivity index (χ1n) is 9.90. The largest absolute Gasteiger partial charge is 0.481 e. The molecule has 0 radical (unpaired) electrons.